The van der Waals surface area contributed by atoms with Gasteiger partial charge in [0, 0.05) is 26.2 Å². The van der Waals surface area contributed by atoms with Gasteiger partial charge in [0.15, 0.2) is 5.15 Å². The molecule has 1 aliphatic heterocycles. The fourth-order valence-electron chi connectivity index (χ4n) is 1.83. The van der Waals surface area contributed by atoms with Crippen LogP contribution in [0.4, 0.5) is 10.6 Å². The summed E-state index contributed by atoms with van der Waals surface area (Å²) >= 11 is 5.75. The van der Waals surface area contributed by atoms with E-state index in [1.54, 1.807) is 18.0 Å². The molecule has 2 rings (SSSR count). The zero-order chi connectivity index (χ0) is 14.2. The van der Waals surface area contributed by atoms with E-state index in [1.165, 1.54) is 0 Å². The van der Waals surface area contributed by atoms with Gasteiger partial charge in [-0.2, -0.15) is 5.10 Å². The van der Waals surface area contributed by atoms with Gasteiger partial charge in [0.1, 0.15) is 11.4 Å². The van der Waals surface area contributed by atoms with Gasteiger partial charge in [0.25, 0.3) is 0 Å². The Morgan fingerprint density at radius 1 is 1.58 bits per heavy atom. The van der Waals surface area contributed by atoms with E-state index in [4.69, 9.17) is 16.3 Å². The fourth-order valence-corrected chi connectivity index (χ4v) is 1.98. The molecule has 106 valence electrons. The number of anilines is 1. The Morgan fingerprint density at radius 2 is 2.21 bits per heavy atom. The van der Waals surface area contributed by atoms with Crippen LogP contribution in [0.3, 0.4) is 0 Å². The maximum Gasteiger partial charge on any atom is 0.410 e. The Morgan fingerprint density at radius 3 is 2.68 bits per heavy atom. The zero-order valence-electron chi connectivity index (χ0n) is 11.6. The number of likely N-dealkylation sites (N-methyl/N-ethyl adjacent to an activating group) is 1. The highest BCUT2D eigenvalue weighted by atomic mass is 35.5. The molecule has 0 unspecified atom stereocenters. The van der Waals surface area contributed by atoms with Crippen molar-refractivity contribution in [2.75, 3.05) is 25.0 Å². The van der Waals surface area contributed by atoms with Crippen molar-refractivity contribution in [3.63, 3.8) is 0 Å². The molecule has 1 aliphatic rings. The van der Waals surface area contributed by atoms with E-state index in [1.807, 2.05) is 20.8 Å². The Balaban J connectivity index is 1.84. The Labute approximate surface area is 117 Å². The van der Waals surface area contributed by atoms with E-state index in [-0.39, 0.29) is 12.1 Å². The normalized spacial score (nSPS) is 16.2. The summed E-state index contributed by atoms with van der Waals surface area (Å²) in [6.07, 6.45) is -0.292. The Bertz CT molecular complexity index is 463. The van der Waals surface area contributed by atoms with Crippen LogP contribution in [-0.2, 0) is 4.74 Å². The summed E-state index contributed by atoms with van der Waals surface area (Å²) in [5, 5.41) is 7.15. The maximum atomic E-state index is 11.9. The fraction of sp³-hybridized carbons (Fsp3) is 0.667. The van der Waals surface area contributed by atoms with Crippen LogP contribution in [-0.4, -0.2) is 53.0 Å². The number of rotatable bonds is 2. The van der Waals surface area contributed by atoms with Crippen LogP contribution >= 0.6 is 11.6 Å². The van der Waals surface area contributed by atoms with Crippen molar-refractivity contribution in [3.05, 3.63) is 11.2 Å². The van der Waals surface area contributed by atoms with Crippen molar-refractivity contribution >= 4 is 23.5 Å². The molecule has 0 bridgehead atoms. The lowest BCUT2D eigenvalue weighted by molar-refractivity contribution is 0.0196. The highest BCUT2D eigenvalue weighted by molar-refractivity contribution is 6.29. The number of nitrogens with zero attached hydrogens (tertiary/aromatic N) is 3. The minimum absolute atomic E-state index is 0.150. The molecule has 0 radical (unpaired) electrons. The van der Waals surface area contributed by atoms with Gasteiger partial charge in [-0.1, -0.05) is 11.6 Å². The molecule has 1 N–H and O–H groups in total. The number of aromatic amines is 1. The first-order valence-electron chi connectivity index (χ1n) is 6.18. The molecule has 0 saturated carbocycles. The topological polar surface area (TPSA) is 61.5 Å². The molecule has 2 heterocycles. The van der Waals surface area contributed by atoms with Gasteiger partial charge >= 0.3 is 6.09 Å². The average molecular weight is 287 g/mol. The average Bonchev–Trinajstić information content (AvgIpc) is 2.59. The van der Waals surface area contributed by atoms with Gasteiger partial charge in [-0.25, -0.2) is 4.79 Å². The van der Waals surface area contributed by atoms with Gasteiger partial charge in [-0.15, -0.1) is 0 Å². The van der Waals surface area contributed by atoms with Crippen LogP contribution in [0.2, 0.25) is 5.15 Å². The molecule has 1 fully saturated rings. The Kier molecular flexibility index (Phi) is 3.62. The quantitative estimate of drug-likeness (QED) is 0.905. The molecule has 1 amide bonds. The molecule has 0 aliphatic carbocycles. The summed E-state index contributed by atoms with van der Waals surface area (Å²) in [6.45, 7) is 7.07. The Hall–Kier alpha value is -1.43. The number of hydrogen-bond donors (Lipinski definition) is 1. The number of ether oxygens (including phenoxy) is 1. The van der Waals surface area contributed by atoms with E-state index in [9.17, 15) is 4.79 Å². The van der Waals surface area contributed by atoms with Gasteiger partial charge in [-0.3, -0.25) is 5.10 Å². The molecule has 1 aromatic heterocycles. The number of halogens is 1. The van der Waals surface area contributed by atoms with E-state index < -0.39 is 5.60 Å². The molecule has 0 atom stereocenters. The van der Waals surface area contributed by atoms with Crippen molar-refractivity contribution in [1.82, 2.24) is 15.1 Å². The van der Waals surface area contributed by atoms with Gasteiger partial charge in [0.2, 0.25) is 0 Å². The molecule has 1 aromatic rings. The lowest BCUT2D eigenvalue weighted by Gasteiger charge is -2.44. The second-order valence-corrected chi connectivity index (χ2v) is 6.11. The predicted molar refractivity (Wildman–Crippen MR) is 73.6 cm³/mol. The number of aromatic nitrogens is 2. The lowest BCUT2D eigenvalue weighted by atomic mass is 10.1. The second kappa shape index (κ2) is 4.92. The van der Waals surface area contributed by atoms with Gasteiger partial charge < -0.3 is 14.5 Å². The number of carbonyl (C=O) groups excluding carboxylic acids is 1. The first kappa shape index (κ1) is 14.0. The van der Waals surface area contributed by atoms with Crippen molar-refractivity contribution in [2.24, 2.45) is 0 Å². The van der Waals surface area contributed by atoms with E-state index in [0.717, 1.165) is 18.9 Å². The smallest absolute Gasteiger partial charge is 0.410 e. The summed E-state index contributed by atoms with van der Waals surface area (Å²) < 4.78 is 5.33. The largest absolute Gasteiger partial charge is 0.444 e. The number of nitrogens with one attached hydrogen (secondary N) is 1. The third kappa shape index (κ3) is 3.32. The van der Waals surface area contributed by atoms with Crippen molar-refractivity contribution in [2.45, 2.75) is 32.4 Å². The molecule has 0 spiro atoms. The summed E-state index contributed by atoms with van der Waals surface area (Å²) in [5.41, 5.74) is -0.467. The van der Waals surface area contributed by atoms with Gasteiger partial charge in [0.05, 0.1) is 6.04 Å². The molecule has 19 heavy (non-hydrogen) atoms. The standard InChI is InChI=1S/C12H19ClN4O2/c1-12(2,3)19-11(18)16(4)8-6-17(7-8)10-5-9(13)14-15-10/h5,8H,6-7H2,1-4H3,(H,14,15). The molecule has 1 saturated heterocycles. The second-order valence-electron chi connectivity index (χ2n) is 5.73. The van der Waals surface area contributed by atoms with Crippen LogP contribution in [0, 0.1) is 0 Å². The van der Waals surface area contributed by atoms with Crippen molar-refractivity contribution < 1.29 is 9.53 Å². The third-order valence-electron chi connectivity index (χ3n) is 2.97. The minimum atomic E-state index is -0.467. The van der Waals surface area contributed by atoms with E-state index in [2.05, 4.69) is 15.1 Å². The third-order valence-corrected chi connectivity index (χ3v) is 3.16. The van der Waals surface area contributed by atoms with Crippen LogP contribution < -0.4 is 4.90 Å². The summed E-state index contributed by atoms with van der Waals surface area (Å²) in [6, 6.07) is 1.92. The summed E-state index contributed by atoms with van der Waals surface area (Å²) in [7, 11) is 1.76. The molecular weight excluding hydrogens is 268 g/mol. The number of hydrogen-bond acceptors (Lipinski definition) is 4. The highest BCUT2D eigenvalue weighted by Crippen LogP contribution is 2.24. The maximum absolute atomic E-state index is 11.9. The molecule has 6 nitrogen and oxygen atoms in total. The van der Waals surface area contributed by atoms with Crippen LogP contribution in [0.25, 0.3) is 0 Å². The minimum Gasteiger partial charge on any atom is -0.444 e. The lowest BCUT2D eigenvalue weighted by Crippen LogP contribution is -2.60. The monoisotopic (exact) mass is 286 g/mol. The number of amides is 1. The van der Waals surface area contributed by atoms with Crippen LogP contribution in [0.5, 0.6) is 0 Å². The van der Waals surface area contributed by atoms with E-state index >= 15 is 0 Å². The molecular formula is C12H19ClN4O2. The van der Waals surface area contributed by atoms with Crippen molar-refractivity contribution in [1.29, 1.82) is 0 Å². The van der Waals surface area contributed by atoms with Crippen molar-refractivity contribution in [3.8, 4) is 0 Å². The highest BCUT2D eigenvalue weighted by Gasteiger charge is 2.35. The number of H-pyrrole nitrogens is 1. The SMILES string of the molecule is CN(C(=O)OC(C)(C)C)C1CN(c2cc(Cl)n[nH]2)C1. The van der Waals surface area contributed by atoms with Gasteiger partial charge in [-0.05, 0) is 20.8 Å². The molecule has 0 aromatic carbocycles. The van der Waals surface area contributed by atoms with Crippen LogP contribution in [0.15, 0.2) is 6.07 Å². The molecule has 7 heteroatoms. The summed E-state index contributed by atoms with van der Waals surface area (Å²) in [5.74, 6) is 0.874. The zero-order valence-corrected chi connectivity index (χ0v) is 12.4. The van der Waals surface area contributed by atoms with Crippen LogP contribution in [0.1, 0.15) is 20.8 Å². The summed E-state index contributed by atoms with van der Waals surface area (Å²) in [4.78, 5) is 15.6. The first-order valence-corrected chi connectivity index (χ1v) is 6.56. The number of carbonyl (C=O) groups is 1. The predicted octanol–water partition coefficient (Wildman–Crippen LogP) is 2.12. The van der Waals surface area contributed by atoms with E-state index in [0.29, 0.717) is 5.15 Å². The first-order chi connectivity index (χ1) is 8.76.